The first-order chi connectivity index (χ1) is 9.03. The van der Waals surface area contributed by atoms with Crippen LogP contribution in [0.4, 0.5) is 0 Å². The van der Waals surface area contributed by atoms with Gasteiger partial charge in [0.25, 0.3) is 0 Å². The molecule has 1 aliphatic heterocycles. The number of hydrogen-bond donors (Lipinski definition) is 1. The van der Waals surface area contributed by atoms with Crippen LogP contribution >= 0.6 is 0 Å². The molecule has 1 aromatic heterocycles. The maximum atomic E-state index is 4.06. The van der Waals surface area contributed by atoms with Crippen molar-refractivity contribution in [2.45, 2.75) is 39.2 Å². The van der Waals surface area contributed by atoms with Gasteiger partial charge in [-0.2, -0.15) is 0 Å². The van der Waals surface area contributed by atoms with Crippen LogP contribution < -0.4 is 5.32 Å². The van der Waals surface area contributed by atoms with Crippen LogP contribution in [0.3, 0.4) is 0 Å². The largest absolute Gasteiger partial charge is 0.312 e. The third-order valence-electron chi connectivity index (χ3n) is 3.76. The molecule has 1 aliphatic rings. The van der Waals surface area contributed by atoms with Crippen LogP contribution in [0.25, 0.3) is 0 Å². The zero-order valence-corrected chi connectivity index (χ0v) is 12.5. The molecule has 3 heteroatoms. The molecule has 106 valence electrons. The summed E-state index contributed by atoms with van der Waals surface area (Å²) in [7, 11) is 0. The van der Waals surface area contributed by atoms with Gasteiger partial charge in [-0.1, -0.05) is 0 Å². The molecule has 1 N–H and O–H groups in total. The number of pyridine rings is 1. The van der Waals surface area contributed by atoms with E-state index in [9.17, 15) is 0 Å². The van der Waals surface area contributed by atoms with Crippen LogP contribution in [-0.4, -0.2) is 41.6 Å². The molecule has 3 nitrogen and oxygen atoms in total. The Hall–Kier alpha value is -0.930. The van der Waals surface area contributed by atoms with E-state index in [0.29, 0.717) is 0 Å². The number of nitrogens with zero attached hydrogens (tertiary/aromatic N) is 2. The molecule has 2 heterocycles. The quantitative estimate of drug-likeness (QED) is 0.882. The van der Waals surface area contributed by atoms with E-state index in [0.717, 1.165) is 18.9 Å². The van der Waals surface area contributed by atoms with Crippen molar-refractivity contribution in [1.29, 1.82) is 0 Å². The standard InChI is InChI=1S/C16H27N3/c1-16(2,3)18-12-15-7-11-19(13-15)10-6-14-4-8-17-9-5-14/h4-5,8-9,15,18H,6-7,10-13H2,1-3H3. The highest BCUT2D eigenvalue weighted by Gasteiger charge is 2.23. The number of nitrogens with one attached hydrogen (secondary N) is 1. The van der Waals surface area contributed by atoms with Crippen LogP contribution in [0, 0.1) is 5.92 Å². The minimum atomic E-state index is 0.241. The highest BCUT2D eigenvalue weighted by Crippen LogP contribution is 2.16. The number of rotatable bonds is 5. The van der Waals surface area contributed by atoms with Gasteiger partial charge < -0.3 is 10.2 Å². The average molecular weight is 261 g/mol. The fourth-order valence-corrected chi connectivity index (χ4v) is 2.57. The summed E-state index contributed by atoms with van der Waals surface area (Å²) >= 11 is 0. The monoisotopic (exact) mass is 261 g/mol. The third-order valence-corrected chi connectivity index (χ3v) is 3.76. The van der Waals surface area contributed by atoms with Gasteiger partial charge in [-0.3, -0.25) is 4.98 Å². The number of hydrogen-bond acceptors (Lipinski definition) is 3. The molecule has 1 unspecified atom stereocenters. The summed E-state index contributed by atoms with van der Waals surface area (Å²) < 4.78 is 0. The summed E-state index contributed by atoms with van der Waals surface area (Å²) in [5.74, 6) is 0.816. The molecule has 0 aromatic carbocycles. The molecule has 2 rings (SSSR count). The van der Waals surface area contributed by atoms with Crippen molar-refractivity contribution in [2.75, 3.05) is 26.2 Å². The van der Waals surface area contributed by atoms with E-state index in [-0.39, 0.29) is 5.54 Å². The van der Waals surface area contributed by atoms with E-state index in [1.807, 2.05) is 12.4 Å². The number of aromatic nitrogens is 1. The van der Waals surface area contributed by atoms with Crippen LogP contribution in [-0.2, 0) is 6.42 Å². The van der Waals surface area contributed by atoms with Crippen molar-refractivity contribution in [3.63, 3.8) is 0 Å². The molecule has 0 spiro atoms. The topological polar surface area (TPSA) is 28.2 Å². The maximum absolute atomic E-state index is 4.06. The summed E-state index contributed by atoms with van der Waals surface area (Å²) in [6, 6.07) is 4.24. The summed E-state index contributed by atoms with van der Waals surface area (Å²) in [5.41, 5.74) is 1.64. The van der Waals surface area contributed by atoms with Crippen molar-refractivity contribution in [3.05, 3.63) is 30.1 Å². The van der Waals surface area contributed by atoms with E-state index >= 15 is 0 Å². The van der Waals surface area contributed by atoms with Gasteiger partial charge in [-0.15, -0.1) is 0 Å². The highest BCUT2D eigenvalue weighted by atomic mass is 15.1. The van der Waals surface area contributed by atoms with Gasteiger partial charge in [0.05, 0.1) is 0 Å². The van der Waals surface area contributed by atoms with Gasteiger partial charge in [0.1, 0.15) is 0 Å². The van der Waals surface area contributed by atoms with Crippen molar-refractivity contribution in [3.8, 4) is 0 Å². The van der Waals surface area contributed by atoms with Crippen molar-refractivity contribution in [1.82, 2.24) is 15.2 Å². The average Bonchev–Trinajstić information content (AvgIpc) is 2.82. The molecule has 0 bridgehead atoms. The minimum Gasteiger partial charge on any atom is -0.312 e. The molecule has 0 saturated carbocycles. The van der Waals surface area contributed by atoms with Crippen LogP contribution in [0.5, 0.6) is 0 Å². The Morgan fingerprint density at radius 3 is 2.74 bits per heavy atom. The van der Waals surface area contributed by atoms with Gasteiger partial charge in [0, 0.05) is 31.0 Å². The normalized spacial score (nSPS) is 20.9. The van der Waals surface area contributed by atoms with Crippen LogP contribution in [0.1, 0.15) is 32.8 Å². The van der Waals surface area contributed by atoms with Gasteiger partial charge in [0.2, 0.25) is 0 Å². The Balaban J connectivity index is 1.68. The van der Waals surface area contributed by atoms with E-state index < -0.39 is 0 Å². The van der Waals surface area contributed by atoms with E-state index in [1.54, 1.807) is 0 Å². The predicted molar refractivity (Wildman–Crippen MR) is 80.2 cm³/mol. The summed E-state index contributed by atoms with van der Waals surface area (Å²) in [6.45, 7) is 11.5. The Kier molecular flexibility index (Phi) is 4.94. The van der Waals surface area contributed by atoms with Gasteiger partial charge in [-0.05, 0) is 70.3 Å². The molecular weight excluding hydrogens is 234 g/mol. The maximum Gasteiger partial charge on any atom is 0.0270 e. The lowest BCUT2D eigenvalue weighted by Gasteiger charge is -2.23. The van der Waals surface area contributed by atoms with Crippen LogP contribution in [0.2, 0.25) is 0 Å². The summed E-state index contributed by atoms with van der Waals surface area (Å²) in [4.78, 5) is 6.66. The Labute approximate surface area is 117 Å². The lowest BCUT2D eigenvalue weighted by Crippen LogP contribution is -2.39. The van der Waals surface area contributed by atoms with Gasteiger partial charge in [-0.25, -0.2) is 0 Å². The molecule has 0 amide bonds. The van der Waals surface area contributed by atoms with Crippen LogP contribution in [0.15, 0.2) is 24.5 Å². The Morgan fingerprint density at radius 2 is 2.05 bits per heavy atom. The minimum absolute atomic E-state index is 0.241. The lowest BCUT2D eigenvalue weighted by molar-refractivity contribution is 0.315. The first-order valence-corrected chi connectivity index (χ1v) is 7.39. The molecule has 19 heavy (non-hydrogen) atoms. The van der Waals surface area contributed by atoms with Crippen molar-refractivity contribution < 1.29 is 0 Å². The third kappa shape index (κ3) is 5.29. The molecule has 1 fully saturated rings. The zero-order valence-electron chi connectivity index (χ0n) is 12.5. The number of likely N-dealkylation sites (tertiary alicyclic amines) is 1. The summed E-state index contributed by atoms with van der Waals surface area (Å²) in [6.07, 6.45) is 6.24. The Bertz CT molecular complexity index is 369. The smallest absolute Gasteiger partial charge is 0.0270 e. The van der Waals surface area contributed by atoms with Gasteiger partial charge >= 0.3 is 0 Å². The van der Waals surface area contributed by atoms with Gasteiger partial charge in [0.15, 0.2) is 0 Å². The first kappa shape index (κ1) is 14.5. The fraction of sp³-hybridized carbons (Fsp3) is 0.688. The molecule has 0 aliphatic carbocycles. The molecule has 1 saturated heterocycles. The fourth-order valence-electron chi connectivity index (χ4n) is 2.57. The molecule has 1 atom stereocenters. The predicted octanol–water partition coefficient (Wildman–Crippen LogP) is 2.33. The Morgan fingerprint density at radius 1 is 1.32 bits per heavy atom. The van der Waals surface area contributed by atoms with E-state index in [1.165, 1.54) is 31.6 Å². The second kappa shape index (κ2) is 6.49. The zero-order chi connectivity index (χ0) is 13.7. The second-order valence-electron chi connectivity index (χ2n) is 6.69. The lowest BCUT2D eigenvalue weighted by atomic mass is 10.1. The summed E-state index contributed by atoms with van der Waals surface area (Å²) in [5, 5.41) is 3.62. The highest BCUT2D eigenvalue weighted by molar-refractivity contribution is 5.10. The van der Waals surface area contributed by atoms with E-state index in [2.05, 4.69) is 48.1 Å². The molecule has 0 radical (unpaired) electrons. The second-order valence-corrected chi connectivity index (χ2v) is 6.69. The first-order valence-electron chi connectivity index (χ1n) is 7.39. The molecule has 1 aromatic rings. The SMILES string of the molecule is CC(C)(C)NCC1CCN(CCc2ccncc2)C1. The van der Waals surface area contributed by atoms with E-state index in [4.69, 9.17) is 0 Å². The van der Waals surface area contributed by atoms with Crippen molar-refractivity contribution in [2.24, 2.45) is 5.92 Å². The molecular formula is C16H27N3. The van der Waals surface area contributed by atoms with Crippen molar-refractivity contribution >= 4 is 0 Å².